The Balaban J connectivity index is 2.85. The molecule has 0 radical (unpaired) electrons. The van der Waals surface area contributed by atoms with Gasteiger partial charge < -0.3 is 9.84 Å². The molecular formula is C12H18O2. The van der Waals surface area contributed by atoms with Crippen molar-refractivity contribution in [3.8, 4) is 5.75 Å². The Bertz CT molecular complexity index is 285. The first-order valence-corrected chi connectivity index (χ1v) is 4.93. The van der Waals surface area contributed by atoms with Crippen molar-refractivity contribution < 1.29 is 9.84 Å². The lowest BCUT2D eigenvalue weighted by Gasteiger charge is -2.20. The Morgan fingerprint density at radius 3 is 2.07 bits per heavy atom. The number of aryl methyl sites for hydroxylation is 2. The average molecular weight is 194 g/mol. The molecule has 1 aromatic carbocycles. The summed E-state index contributed by atoms with van der Waals surface area (Å²) in [6, 6.07) is 6.03. The van der Waals surface area contributed by atoms with Gasteiger partial charge in [-0.1, -0.05) is 18.2 Å². The van der Waals surface area contributed by atoms with Crippen LogP contribution in [0, 0.1) is 13.8 Å². The standard InChI is InChI=1S/C12H18O2/c1-8-6-5-7-9(2)12(8)14-11(4)10(3)13/h5-7,10-11,13H,1-4H3. The summed E-state index contributed by atoms with van der Waals surface area (Å²) in [5, 5.41) is 9.34. The number of para-hydroxylation sites is 1. The normalized spacial score (nSPS) is 14.9. The zero-order chi connectivity index (χ0) is 10.7. The summed E-state index contributed by atoms with van der Waals surface area (Å²) in [6.07, 6.45) is -0.621. The van der Waals surface area contributed by atoms with E-state index in [1.165, 1.54) is 0 Å². The molecular weight excluding hydrogens is 176 g/mol. The van der Waals surface area contributed by atoms with E-state index in [-0.39, 0.29) is 6.10 Å². The summed E-state index contributed by atoms with van der Waals surface area (Å²) in [5.41, 5.74) is 2.22. The summed E-state index contributed by atoms with van der Waals surface area (Å²) in [7, 11) is 0. The van der Waals surface area contributed by atoms with Crippen molar-refractivity contribution in [1.29, 1.82) is 0 Å². The third kappa shape index (κ3) is 2.48. The molecule has 78 valence electrons. The highest BCUT2D eigenvalue weighted by atomic mass is 16.5. The first kappa shape index (κ1) is 11.1. The zero-order valence-electron chi connectivity index (χ0n) is 9.24. The van der Waals surface area contributed by atoms with E-state index >= 15 is 0 Å². The van der Waals surface area contributed by atoms with Crippen LogP contribution < -0.4 is 4.74 Å². The van der Waals surface area contributed by atoms with Gasteiger partial charge in [-0.15, -0.1) is 0 Å². The van der Waals surface area contributed by atoms with Gasteiger partial charge in [0.15, 0.2) is 0 Å². The van der Waals surface area contributed by atoms with Gasteiger partial charge in [-0.3, -0.25) is 0 Å². The van der Waals surface area contributed by atoms with Gasteiger partial charge in [0.2, 0.25) is 0 Å². The van der Waals surface area contributed by atoms with Crippen molar-refractivity contribution in [2.45, 2.75) is 39.9 Å². The lowest BCUT2D eigenvalue weighted by atomic mass is 10.1. The quantitative estimate of drug-likeness (QED) is 0.801. The monoisotopic (exact) mass is 194 g/mol. The van der Waals surface area contributed by atoms with Gasteiger partial charge in [0.25, 0.3) is 0 Å². The number of ether oxygens (including phenoxy) is 1. The highest BCUT2D eigenvalue weighted by molar-refractivity contribution is 5.39. The number of aliphatic hydroxyl groups excluding tert-OH is 1. The summed E-state index contributed by atoms with van der Waals surface area (Å²) in [4.78, 5) is 0. The molecule has 0 aliphatic heterocycles. The van der Waals surface area contributed by atoms with E-state index < -0.39 is 6.10 Å². The van der Waals surface area contributed by atoms with Crippen LogP contribution in [0.15, 0.2) is 18.2 Å². The van der Waals surface area contributed by atoms with Gasteiger partial charge in [-0.05, 0) is 38.8 Å². The predicted molar refractivity (Wildman–Crippen MR) is 57.7 cm³/mol. The molecule has 1 rings (SSSR count). The van der Waals surface area contributed by atoms with Crippen LogP contribution in [-0.2, 0) is 0 Å². The molecule has 2 unspecified atom stereocenters. The first-order valence-electron chi connectivity index (χ1n) is 4.93. The smallest absolute Gasteiger partial charge is 0.125 e. The molecule has 0 fully saturated rings. The van der Waals surface area contributed by atoms with Gasteiger partial charge in [0.1, 0.15) is 11.9 Å². The zero-order valence-corrected chi connectivity index (χ0v) is 9.24. The summed E-state index contributed by atoms with van der Waals surface area (Å²) >= 11 is 0. The maximum Gasteiger partial charge on any atom is 0.125 e. The predicted octanol–water partition coefficient (Wildman–Crippen LogP) is 2.45. The Morgan fingerprint density at radius 1 is 1.14 bits per heavy atom. The Hall–Kier alpha value is -1.02. The lowest BCUT2D eigenvalue weighted by Crippen LogP contribution is -2.26. The van der Waals surface area contributed by atoms with Crippen LogP contribution in [0.2, 0.25) is 0 Å². The summed E-state index contributed by atoms with van der Waals surface area (Å²) < 4.78 is 5.69. The SMILES string of the molecule is Cc1cccc(C)c1OC(C)C(C)O. The molecule has 0 saturated carbocycles. The van der Waals surface area contributed by atoms with Crippen molar-refractivity contribution in [2.75, 3.05) is 0 Å². The van der Waals surface area contributed by atoms with Crippen molar-refractivity contribution >= 4 is 0 Å². The molecule has 0 heterocycles. The first-order chi connectivity index (χ1) is 6.52. The second-order valence-corrected chi connectivity index (χ2v) is 3.78. The van der Waals surface area contributed by atoms with Crippen molar-refractivity contribution in [3.63, 3.8) is 0 Å². The Labute approximate surface area is 85.5 Å². The second kappa shape index (κ2) is 4.47. The molecule has 0 aliphatic carbocycles. The van der Waals surface area contributed by atoms with E-state index in [1.54, 1.807) is 6.92 Å². The fraction of sp³-hybridized carbons (Fsp3) is 0.500. The number of hydrogen-bond donors (Lipinski definition) is 1. The van der Waals surface area contributed by atoms with Crippen LogP contribution in [-0.4, -0.2) is 17.3 Å². The molecule has 14 heavy (non-hydrogen) atoms. The number of benzene rings is 1. The maximum atomic E-state index is 9.34. The molecule has 2 nitrogen and oxygen atoms in total. The van der Waals surface area contributed by atoms with Crippen molar-refractivity contribution in [3.05, 3.63) is 29.3 Å². The van der Waals surface area contributed by atoms with Gasteiger partial charge in [0.05, 0.1) is 6.10 Å². The van der Waals surface area contributed by atoms with Crippen molar-refractivity contribution in [1.82, 2.24) is 0 Å². The van der Waals surface area contributed by atoms with Gasteiger partial charge >= 0.3 is 0 Å². The Kier molecular flexibility index (Phi) is 3.53. The molecule has 1 aromatic rings. The van der Waals surface area contributed by atoms with E-state index in [4.69, 9.17) is 4.74 Å². The minimum Gasteiger partial charge on any atom is -0.487 e. The maximum absolute atomic E-state index is 9.34. The van der Waals surface area contributed by atoms with Crippen LogP contribution in [0.1, 0.15) is 25.0 Å². The molecule has 0 amide bonds. The van der Waals surface area contributed by atoms with Crippen LogP contribution >= 0.6 is 0 Å². The van der Waals surface area contributed by atoms with Crippen LogP contribution in [0.25, 0.3) is 0 Å². The highest BCUT2D eigenvalue weighted by Gasteiger charge is 2.12. The van der Waals surface area contributed by atoms with E-state index in [1.807, 2.05) is 39.0 Å². The van der Waals surface area contributed by atoms with E-state index in [2.05, 4.69) is 0 Å². The van der Waals surface area contributed by atoms with E-state index in [9.17, 15) is 5.11 Å². The fourth-order valence-corrected chi connectivity index (χ4v) is 1.27. The fourth-order valence-electron chi connectivity index (χ4n) is 1.27. The molecule has 0 aliphatic rings. The molecule has 2 heteroatoms. The minimum absolute atomic E-state index is 0.171. The topological polar surface area (TPSA) is 29.5 Å². The van der Waals surface area contributed by atoms with Crippen LogP contribution in [0.4, 0.5) is 0 Å². The largest absolute Gasteiger partial charge is 0.487 e. The average Bonchev–Trinajstić information content (AvgIpc) is 2.11. The van der Waals surface area contributed by atoms with Crippen LogP contribution in [0.5, 0.6) is 5.75 Å². The minimum atomic E-state index is -0.450. The number of aliphatic hydroxyl groups is 1. The molecule has 2 atom stereocenters. The highest BCUT2D eigenvalue weighted by Crippen LogP contribution is 2.23. The second-order valence-electron chi connectivity index (χ2n) is 3.78. The summed E-state index contributed by atoms with van der Waals surface area (Å²) in [5.74, 6) is 0.890. The van der Waals surface area contributed by atoms with E-state index in [0.29, 0.717) is 0 Å². The van der Waals surface area contributed by atoms with Gasteiger partial charge in [-0.2, -0.15) is 0 Å². The third-order valence-corrected chi connectivity index (χ3v) is 2.39. The van der Waals surface area contributed by atoms with Crippen molar-refractivity contribution in [2.24, 2.45) is 0 Å². The third-order valence-electron chi connectivity index (χ3n) is 2.39. The molecule has 0 spiro atoms. The summed E-state index contributed by atoms with van der Waals surface area (Å²) in [6.45, 7) is 7.63. The van der Waals surface area contributed by atoms with Gasteiger partial charge in [0, 0.05) is 0 Å². The lowest BCUT2D eigenvalue weighted by molar-refractivity contribution is 0.0596. The molecule has 1 N–H and O–H groups in total. The van der Waals surface area contributed by atoms with E-state index in [0.717, 1.165) is 16.9 Å². The Morgan fingerprint density at radius 2 is 1.64 bits per heavy atom. The van der Waals surface area contributed by atoms with Crippen LogP contribution in [0.3, 0.4) is 0 Å². The number of hydrogen-bond acceptors (Lipinski definition) is 2. The molecule has 0 bridgehead atoms. The molecule has 0 saturated heterocycles. The number of rotatable bonds is 3. The molecule has 0 aromatic heterocycles. The van der Waals surface area contributed by atoms with Gasteiger partial charge in [-0.25, -0.2) is 0 Å².